The Labute approximate surface area is 158 Å². The number of anilines is 1. The third kappa shape index (κ3) is 5.13. The highest BCUT2D eigenvalue weighted by molar-refractivity contribution is 5.89. The Bertz CT molecular complexity index is 792. The van der Waals surface area contributed by atoms with Crippen LogP contribution in [0.25, 0.3) is 0 Å². The van der Waals surface area contributed by atoms with Crippen LogP contribution in [0, 0.1) is 0 Å². The van der Waals surface area contributed by atoms with Crippen molar-refractivity contribution in [1.82, 2.24) is 10.6 Å². The van der Waals surface area contributed by atoms with E-state index < -0.39 is 0 Å². The molecule has 27 heavy (non-hydrogen) atoms. The maximum Gasteiger partial charge on any atom is 0.319 e. The molecule has 1 aliphatic heterocycles. The fraction of sp³-hybridized carbons (Fsp3) is 0.300. The second-order valence-corrected chi connectivity index (χ2v) is 6.09. The lowest BCUT2D eigenvalue weighted by molar-refractivity contribution is -0.122. The van der Waals surface area contributed by atoms with Crippen molar-refractivity contribution < 1.29 is 19.1 Å². The molecule has 1 heterocycles. The Hall–Kier alpha value is -3.22. The number of carbonyl (C=O) groups is 2. The zero-order chi connectivity index (χ0) is 19.1. The van der Waals surface area contributed by atoms with Gasteiger partial charge in [0.2, 0.25) is 0 Å². The molecular formula is C20H23N3O4. The minimum atomic E-state index is -0.285. The van der Waals surface area contributed by atoms with E-state index in [4.69, 9.17) is 9.47 Å². The molecule has 0 bridgehead atoms. The zero-order valence-electron chi connectivity index (χ0n) is 15.2. The smallest absolute Gasteiger partial charge is 0.319 e. The number of para-hydroxylation sites is 1. The molecule has 2 aromatic rings. The fourth-order valence-electron chi connectivity index (χ4n) is 2.85. The number of urea groups is 1. The summed E-state index contributed by atoms with van der Waals surface area (Å²) in [4.78, 5) is 23.7. The SMILES string of the molecule is CCNC(=O)COc1ccc(NC(=O)N[C@H]2CCOc3ccccc32)cc1. The monoisotopic (exact) mass is 369 g/mol. The van der Waals surface area contributed by atoms with Crippen LogP contribution in [0.2, 0.25) is 0 Å². The van der Waals surface area contributed by atoms with E-state index in [1.54, 1.807) is 24.3 Å². The van der Waals surface area contributed by atoms with Crippen molar-refractivity contribution in [3.63, 3.8) is 0 Å². The normalized spacial score (nSPS) is 15.1. The van der Waals surface area contributed by atoms with Crippen molar-refractivity contribution in [2.45, 2.75) is 19.4 Å². The van der Waals surface area contributed by atoms with Gasteiger partial charge in [0.1, 0.15) is 11.5 Å². The van der Waals surface area contributed by atoms with Gasteiger partial charge in [-0.05, 0) is 37.3 Å². The Morgan fingerprint density at radius 2 is 1.93 bits per heavy atom. The number of rotatable bonds is 6. The quantitative estimate of drug-likeness (QED) is 0.731. The minimum Gasteiger partial charge on any atom is -0.493 e. The summed E-state index contributed by atoms with van der Waals surface area (Å²) in [6, 6.07) is 14.2. The first-order chi connectivity index (χ1) is 13.2. The number of benzene rings is 2. The summed E-state index contributed by atoms with van der Waals surface area (Å²) in [7, 11) is 0. The van der Waals surface area contributed by atoms with Crippen LogP contribution in [0.15, 0.2) is 48.5 Å². The van der Waals surface area contributed by atoms with Crippen LogP contribution in [-0.4, -0.2) is 31.7 Å². The average molecular weight is 369 g/mol. The summed E-state index contributed by atoms with van der Waals surface area (Å²) in [5.74, 6) is 1.20. The Kier molecular flexibility index (Phi) is 6.14. The molecule has 0 spiro atoms. The molecule has 0 unspecified atom stereocenters. The first-order valence-electron chi connectivity index (χ1n) is 8.94. The van der Waals surface area contributed by atoms with Crippen LogP contribution in [-0.2, 0) is 4.79 Å². The molecule has 1 atom stereocenters. The third-order valence-electron chi connectivity index (χ3n) is 4.12. The molecule has 3 N–H and O–H groups in total. The molecule has 0 saturated carbocycles. The zero-order valence-corrected chi connectivity index (χ0v) is 15.2. The number of ether oxygens (including phenoxy) is 2. The van der Waals surface area contributed by atoms with Gasteiger partial charge in [-0.3, -0.25) is 4.79 Å². The highest BCUT2D eigenvalue weighted by atomic mass is 16.5. The topological polar surface area (TPSA) is 88.7 Å². The Morgan fingerprint density at radius 3 is 2.70 bits per heavy atom. The Balaban J connectivity index is 1.52. The predicted molar refractivity (Wildman–Crippen MR) is 102 cm³/mol. The summed E-state index contributed by atoms with van der Waals surface area (Å²) in [5.41, 5.74) is 1.62. The maximum absolute atomic E-state index is 12.3. The van der Waals surface area contributed by atoms with Crippen molar-refractivity contribution in [2.24, 2.45) is 0 Å². The summed E-state index contributed by atoms with van der Waals surface area (Å²) in [5, 5.41) is 8.45. The second kappa shape index (κ2) is 8.93. The van der Waals surface area contributed by atoms with Crippen molar-refractivity contribution in [3.8, 4) is 11.5 Å². The number of likely N-dealkylation sites (N-methyl/N-ethyl adjacent to an activating group) is 1. The van der Waals surface area contributed by atoms with E-state index in [0.29, 0.717) is 24.6 Å². The fourth-order valence-corrected chi connectivity index (χ4v) is 2.85. The van der Waals surface area contributed by atoms with Crippen molar-refractivity contribution in [2.75, 3.05) is 25.1 Å². The standard InChI is InChI=1S/C20H23N3O4/c1-2-21-19(24)13-27-15-9-7-14(8-10-15)22-20(25)23-17-11-12-26-18-6-4-3-5-16(17)18/h3-10,17H,2,11-13H2,1H3,(H,21,24)(H2,22,23,25)/t17-/m0/s1. The highest BCUT2D eigenvalue weighted by Gasteiger charge is 2.22. The minimum absolute atomic E-state index is 0.0374. The molecule has 0 saturated heterocycles. The van der Waals surface area contributed by atoms with Crippen LogP contribution in [0.3, 0.4) is 0 Å². The van der Waals surface area contributed by atoms with Gasteiger partial charge < -0.3 is 25.4 Å². The van der Waals surface area contributed by atoms with E-state index in [0.717, 1.165) is 17.7 Å². The molecule has 0 fully saturated rings. The van der Waals surface area contributed by atoms with Gasteiger partial charge in [-0.15, -0.1) is 0 Å². The van der Waals surface area contributed by atoms with Crippen molar-refractivity contribution in [1.29, 1.82) is 0 Å². The van der Waals surface area contributed by atoms with Gasteiger partial charge >= 0.3 is 6.03 Å². The molecule has 1 aliphatic rings. The molecule has 0 aliphatic carbocycles. The number of fused-ring (bicyclic) bond motifs is 1. The first-order valence-corrected chi connectivity index (χ1v) is 8.94. The van der Waals surface area contributed by atoms with Crippen LogP contribution in [0.5, 0.6) is 11.5 Å². The van der Waals surface area contributed by atoms with Crippen LogP contribution in [0.4, 0.5) is 10.5 Å². The summed E-state index contributed by atoms with van der Waals surface area (Å²) in [6.45, 7) is 2.95. The summed E-state index contributed by atoms with van der Waals surface area (Å²) in [6.07, 6.45) is 0.719. The lowest BCUT2D eigenvalue weighted by Gasteiger charge is -2.26. The van der Waals surface area contributed by atoms with E-state index in [2.05, 4.69) is 16.0 Å². The van der Waals surface area contributed by atoms with Crippen LogP contribution in [0.1, 0.15) is 24.9 Å². The van der Waals surface area contributed by atoms with E-state index >= 15 is 0 Å². The number of nitrogens with one attached hydrogen (secondary N) is 3. The molecule has 3 rings (SSSR count). The number of amides is 3. The van der Waals surface area contributed by atoms with Gasteiger partial charge in [-0.1, -0.05) is 18.2 Å². The van der Waals surface area contributed by atoms with E-state index in [-0.39, 0.29) is 24.6 Å². The Morgan fingerprint density at radius 1 is 1.15 bits per heavy atom. The molecule has 2 aromatic carbocycles. The maximum atomic E-state index is 12.3. The van der Waals surface area contributed by atoms with Gasteiger partial charge in [0.25, 0.3) is 5.91 Å². The predicted octanol–water partition coefficient (Wildman–Crippen LogP) is 2.85. The average Bonchev–Trinajstić information content (AvgIpc) is 2.68. The van der Waals surface area contributed by atoms with E-state index in [1.807, 2.05) is 31.2 Å². The number of hydrogen-bond donors (Lipinski definition) is 3. The largest absolute Gasteiger partial charge is 0.493 e. The van der Waals surface area contributed by atoms with Crippen molar-refractivity contribution in [3.05, 3.63) is 54.1 Å². The summed E-state index contributed by atoms with van der Waals surface area (Å²) < 4.78 is 11.0. The molecule has 3 amide bonds. The van der Waals surface area contributed by atoms with Gasteiger partial charge in [0.05, 0.1) is 12.6 Å². The lowest BCUT2D eigenvalue weighted by Crippen LogP contribution is -2.35. The van der Waals surface area contributed by atoms with Crippen LogP contribution >= 0.6 is 0 Å². The van der Waals surface area contributed by atoms with E-state index in [9.17, 15) is 9.59 Å². The molecule has 7 heteroatoms. The lowest BCUT2D eigenvalue weighted by atomic mass is 10.0. The van der Waals surface area contributed by atoms with Gasteiger partial charge in [0, 0.05) is 24.2 Å². The third-order valence-corrected chi connectivity index (χ3v) is 4.12. The molecule has 0 radical (unpaired) electrons. The van der Waals surface area contributed by atoms with E-state index in [1.165, 1.54) is 0 Å². The molecule has 0 aromatic heterocycles. The summed E-state index contributed by atoms with van der Waals surface area (Å²) >= 11 is 0. The highest BCUT2D eigenvalue weighted by Crippen LogP contribution is 2.31. The molecule has 142 valence electrons. The van der Waals surface area contributed by atoms with Gasteiger partial charge in [0.15, 0.2) is 6.61 Å². The first kappa shape index (κ1) is 18.6. The molecular weight excluding hydrogens is 346 g/mol. The number of hydrogen-bond acceptors (Lipinski definition) is 4. The molecule has 7 nitrogen and oxygen atoms in total. The van der Waals surface area contributed by atoms with Gasteiger partial charge in [-0.2, -0.15) is 0 Å². The second-order valence-electron chi connectivity index (χ2n) is 6.09. The van der Waals surface area contributed by atoms with Crippen LogP contribution < -0.4 is 25.4 Å². The van der Waals surface area contributed by atoms with Crippen molar-refractivity contribution >= 4 is 17.6 Å². The number of carbonyl (C=O) groups excluding carboxylic acids is 2. The van der Waals surface area contributed by atoms with Gasteiger partial charge in [-0.25, -0.2) is 4.79 Å².